The SMILES string of the molecule is CCN1CCCC(C(C)NC)C1. The van der Waals surface area contributed by atoms with Crippen molar-refractivity contribution in [1.82, 2.24) is 10.2 Å². The Morgan fingerprint density at radius 1 is 1.58 bits per heavy atom. The Bertz CT molecular complexity index is 123. The molecule has 1 N–H and O–H groups in total. The van der Waals surface area contributed by atoms with Crippen molar-refractivity contribution >= 4 is 0 Å². The first-order valence-electron chi connectivity index (χ1n) is 5.17. The number of hydrogen-bond donors (Lipinski definition) is 1. The molecule has 0 aliphatic carbocycles. The third-order valence-electron chi connectivity index (χ3n) is 3.15. The molecule has 2 heteroatoms. The summed E-state index contributed by atoms with van der Waals surface area (Å²) < 4.78 is 0. The molecule has 0 amide bonds. The summed E-state index contributed by atoms with van der Waals surface area (Å²) in [5.74, 6) is 0.865. The molecule has 72 valence electrons. The molecular weight excluding hydrogens is 148 g/mol. The van der Waals surface area contributed by atoms with Crippen molar-refractivity contribution in [3.05, 3.63) is 0 Å². The van der Waals surface area contributed by atoms with Crippen molar-refractivity contribution in [2.24, 2.45) is 5.92 Å². The second-order valence-electron chi connectivity index (χ2n) is 3.87. The number of rotatable bonds is 3. The summed E-state index contributed by atoms with van der Waals surface area (Å²) >= 11 is 0. The maximum absolute atomic E-state index is 3.35. The largest absolute Gasteiger partial charge is 0.317 e. The lowest BCUT2D eigenvalue weighted by Crippen LogP contribution is -2.43. The van der Waals surface area contributed by atoms with Crippen molar-refractivity contribution < 1.29 is 0 Å². The van der Waals surface area contributed by atoms with Crippen LogP contribution in [0.3, 0.4) is 0 Å². The molecule has 2 unspecified atom stereocenters. The van der Waals surface area contributed by atoms with Gasteiger partial charge in [-0.1, -0.05) is 6.92 Å². The molecule has 1 aliphatic heterocycles. The fraction of sp³-hybridized carbons (Fsp3) is 1.00. The van der Waals surface area contributed by atoms with Crippen LogP contribution in [-0.4, -0.2) is 37.6 Å². The van der Waals surface area contributed by atoms with Crippen molar-refractivity contribution in [2.45, 2.75) is 32.7 Å². The van der Waals surface area contributed by atoms with Crippen molar-refractivity contribution in [3.63, 3.8) is 0 Å². The van der Waals surface area contributed by atoms with Crippen LogP contribution in [-0.2, 0) is 0 Å². The van der Waals surface area contributed by atoms with Crippen LogP contribution in [0.4, 0.5) is 0 Å². The molecule has 1 heterocycles. The number of piperidine rings is 1. The molecule has 0 saturated carbocycles. The second-order valence-corrected chi connectivity index (χ2v) is 3.87. The minimum Gasteiger partial charge on any atom is -0.317 e. The molecule has 0 aromatic rings. The van der Waals surface area contributed by atoms with E-state index in [4.69, 9.17) is 0 Å². The third-order valence-corrected chi connectivity index (χ3v) is 3.15. The Labute approximate surface area is 76.3 Å². The van der Waals surface area contributed by atoms with Gasteiger partial charge in [0, 0.05) is 12.6 Å². The molecule has 0 spiro atoms. The van der Waals surface area contributed by atoms with Gasteiger partial charge in [-0.3, -0.25) is 0 Å². The zero-order valence-electron chi connectivity index (χ0n) is 8.64. The summed E-state index contributed by atoms with van der Waals surface area (Å²) in [6.07, 6.45) is 2.78. The van der Waals surface area contributed by atoms with E-state index in [-0.39, 0.29) is 0 Å². The van der Waals surface area contributed by atoms with Gasteiger partial charge in [-0.25, -0.2) is 0 Å². The van der Waals surface area contributed by atoms with Gasteiger partial charge in [-0.15, -0.1) is 0 Å². The molecule has 1 aliphatic rings. The highest BCUT2D eigenvalue weighted by atomic mass is 15.1. The topological polar surface area (TPSA) is 15.3 Å². The van der Waals surface area contributed by atoms with Crippen LogP contribution in [0.2, 0.25) is 0 Å². The average molecular weight is 170 g/mol. The van der Waals surface area contributed by atoms with Crippen LogP contribution >= 0.6 is 0 Å². The molecule has 12 heavy (non-hydrogen) atoms. The van der Waals surface area contributed by atoms with Gasteiger partial charge in [0.15, 0.2) is 0 Å². The summed E-state index contributed by atoms with van der Waals surface area (Å²) in [5.41, 5.74) is 0. The Morgan fingerprint density at radius 3 is 2.92 bits per heavy atom. The van der Waals surface area contributed by atoms with E-state index in [1.807, 2.05) is 0 Å². The van der Waals surface area contributed by atoms with E-state index >= 15 is 0 Å². The monoisotopic (exact) mass is 170 g/mol. The Morgan fingerprint density at radius 2 is 2.33 bits per heavy atom. The van der Waals surface area contributed by atoms with Gasteiger partial charge >= 0.3 is 0 Å². The first-order valence-corrected chi connectivity index (χ1v) is 5.17. The van der Waals surface area contributed by atoms with E-state index in [2.05, 4.69) is 31.1 Å². The summed E-state index contributed by atoms with van der Waals surface area (Å²) in [4.78, 5) is 2.56. The van der Waals surface area contributed by atoms with Crippen LogP contribution in [0.25, 0.3) is 0 Å². The molecule has 0 bridgehead atoms. The number of likely N-dealkylation sites (tertiary alicyclic amines) is 1. The van der Waals surface area contributed by atoms with Gasteiger partial charge in [0.25, 0.3) is 0 Å². The van der Waals surface area contributed by atoms with Gasteiger partial charge < -0.3 is 10.2 Å². The molecule has 1 rings (SSSR count). The van der Waals surface area contributed by atoms with Crippen LogP contribution in [0.5, 0.6) is 0 Å². The van der Waals surface area contributed by atoms with Gasteiger partial charge in [0.05, 0.1) is 0 Å². The quantitative estimate of drug-likeness (QED) is 0.687. The molecule has 0 aromatic heterocycles. The minimum absolute atomic E-state index is 0.680. The van der Waals surface area contributed by atoms with E-state index in [0.717, 1.165) is 5.92 Å². The van der Waals surface area contributed by atoms with Gasteiger partial charge in [0.1, 0.15) is 0 Å². The van der Waals surface area contributed by atoms with Crippen LogP contribution in [0, 0.1) is 5.92 Å². The van der Waals surface area contributed by atoms with E-state index < -0.39 is 0 Å². The Balaban J connectivity index is 2.34. The third kappa shape index (κ3) is 2.46. The summed E-state index contributed by atoms with van der Waals surface area (Å²) in [6, 6.07) is 0.680. The standard InChI is InChI=1S/C10H22N2/c1-4-12-7-5-6-10(8-12)9(2)11-3/h9-11H,4-8H2,1-3H3. The molecule has 2 atom stereocenters. The van der Waals surface area contributed by atoms with Crippen LogP contribution < -0.4 is 5.32 Å². The van der Waals surface area contributed by atoms with E-state index in [1.54, 1.807) is 0 Å². The molecule has 1 fully saturated rings. The zero-order chi connectivity index (χ0) is 8.97. The summed E-state index contributed by atoms with van der Waals surface area (Å²) in [6.45, 7) is 8.37. The first kappa shape index (κ1) is 10.0. The lowest BCUT2D eigenvalue weighted by Gasteiger charge is -2.35. The van der Waals surface area contributed by atoms with Crippen LogP contribution in [0.1, 0.15) is 26.7 Å². The minimum atomic E-state index is 0.680. The second kappa shape index (κ2) is 4.83. The van der Waals surface area contributed by atoms with E-state index in [0.29, 0.717) is 6.04 Å². The van der Waals surface area contributed by atoms with Crippen molar-refractivity contribution in [2.75, 3.05) is 26.7 Å². The van der Waals surface area contributed by atoms with Gasteiger partial charge in [-0.2, -0.15) is 0 Å². The van der Waals surface area contributed by atoms with Crippen molar-refractivity contribution in [1.29, 1.82) is 0 Å². The normalized spacial score (nSPS) is 28.8. The smallest absolute Gasteiger partial charge is 0.00762 e. The van der Waals surface area contributed by atoms with Gasteiger partial charge in [-0.05, 0) is 45.8 Å². The number of hydrogen-bond acceptors (Lipinski definition) is 2. The highest BCUT2D eigenvalue weighted by Crippen LogP contribution is 2.18. The fourth-order valence-corrected chi connectivity index (χ4v) is 2.02. The lowest BCUT2D eigenvalue weighted by atomic mass is 9.92. The Kier molecular flexibility index (Phi) is 4.02. The summed E-state index contributed by atoms with van der Waals surface area (Å²) in [7, 11) is 2.07. The first-order chi connectivity index (χ1) is 5.77. The Hall–Kier alpha value is -0.0800. The van der Waals surface area contributed by atoms with Gasteiger partial charge in [0.2, 0.25) is 0 Å². The predicted molar refractivity (Wildman–Crippen MR) is 53.4 cm³/mol. The zero-order valence-corrected chi connectivity index (χ0v) is 8.64. The highest BCUT2D eigenvalue weighted by molar-refractivity contribution is 4.78. The molecular formula is C10H22N2. The maximum Gasteiger partial charge on any atom is 0.00762 e. The van der Waals surface area contributed by atoms with E-state index in [1.165, 1.54) is 32.5 Å². The maximum atomic E-state index is 3.35. The lowest BCUT2D eigenvalue weighted by molar-refractivity contribution is 0.160. The fourth-order valence-electron chi connectivity index (χ4n) is 2.02. The van der Waals surface area contributed by atoms with Crippen molar-refractivity contribution in [3.8, 4) is 0 Å². The summed E-state index contributed by atoms with van der Waals surface area (Å²) in [5, 5.41) is 3.35. The molecule has 0 radical (unpaired) electrons. The molecule has 2 nitrogen and oxygen atoms in total. The molecule has 0 aromatic carbocycles. The van der Waals surface area contributed by atoms with E-state index in [9.17, 15) is 0 Å². The molecule has 1 saturated heterocycles. The number of nitrogens with one attached hydrogen (secondary N) is 1. The number of nitrogens with zero attached hydrogens (tertiary/aromatic N) is 1. The van der Waals surface area contributed by atoms with Crippen LogP contribution in [0.15, 0.2) is 0 Å². The average Bonchev–Trinajstić information content (AvgIpc) is 2.17. The predicted octanol–water partition coefficient (Wildman–Crippen LogP) is 1.33. The highest BCUT2D eigenvalue weighted by Gasteiger charge is 2.22.